The summed E-state index contributed by atoms with van der Waals surface area (Å²) in [4.78, 5) is 20.7. The van der Waals surface area contributed by atoms with Gasteiger partial charge in [-0.2, -0.15) is 0 Å². The second kappa shape index (κ2) is 5.52. The van der Waals surface area contributed by atoms with Gasteiger partial charge in [-0.1, -0.05) is 9.39 Å². The van der Waals surface area contributed by atoms with E-state index in [-0.39, 0.29) is 18.0 Å². The summed E-state index contributed by atoms with van der Waals surface area (Å²) < 4.78 is 0. The van der Waals surface area contributed by atoms with Gasteiger partial charge in [-0.05, 0) is 6.42 Å². The summed E-state index contributed by atoms with van der Waals surface area (Å²) in [6, 6.07) is -0.487. The smallest absolute Gasteiger partial charge is 0.303 e. The van der Waals surface area contributed by atoms with Crippen LogP contribution in [0.25, 0.3) is 0 Å². The lowest BCUT2D eigenvalue weighted by molar-refractivity contribution is -0.137. The van der Waals surface area contributed by atoms with Crippen LogP contribution in [-0.2, 0) is 9.59 Å². The summed E-state index contributed by atoms with van der Waals surface area (Å²) in [5.41, 5.74) is 0. The first-order chi connectivity index (χ1) is 5.07. The van der Waals surface area contributed by atoms with Crippen molar-refractivity contribution in [2.24, 2.45) is 0 Å². The van der Waals surface area contributed by atoms with Crippen LogP contribution in [0.1, 0.15) is 12.8 Å². The average Bonchev–Trinajstić information content (AvgIpc) is 1.87. The lowest BCUT2D eigenvalue weighted by atomic mass is 10.2. The number of hydrogen-bond donors (Lipinski definition) is 3. The second-order valence-electron chi connectivity index (χ2n) is 1.99. The van der Waals surface area contributed by atoms with Crippen LogP contribution in [0.2, 0.25) is 0 Å². The van der Waals surface area contributed by atoms with Crippen LogP contribution in [0.5, 0.6) is 0 Å². The zero-order valence-corrected chi connectivity index (χ0v) is 7.83. The Morgan fingerprint density at radius 3 is 2.45 bits per heavy atom. The maximum Gasteiger partial charge on any atom is 0.303 e. The molecule has 1 unspecified atom stereocenters. The molecule has 4 nitrogen and oxygen atoms in total. The Hall–Kier alpha value is -0.120. The Labute approximate surface area is 72.4 Å². The summed E-state index contributed by atoms with van der Waals surface area (Å²) in [6.45, 7) is 0. The van der Waals surface area contributed by atoms with E-state index in [0.717, 1.165) is 0 Å². The van der Waals surface area contributed by atoms with E-state index in [1.165, 1.54) is 0 Å². The van der Waals surface area contributed by atoms with E-state index >= 15 is 0 Å². The summed E-state index contributed by atoms with van der Waals surface area (Å²) in [5, 5.41) is 10.5. The summed E-state index contributed by atoms with van der Waals surface area (Å²) in [6.07, 6.45) is 0.236. The Morgan fingerprint density at radius 2 is 2.18 bits per heavy atom. The lowest BCUT2D eigenvalue weighted by Crippen LogP contribution is -2.27. The molecule has 2 N–H and O–H groups in total. The number of carboxylic acids is 1. The molecular formula is C5H10NO3PS. The molecule has 0 bridgehead atoms. The molecule has 0 aliphatic rings. The standard InChI is InChI=1S/C5H10NO3PS/c7-4(8)2-1-3(6-10)5(9)11/h3,6H,1-2,10H2,(H,7,8)(H,9,11)/t3-/m0/s1. The first-order valence-electron chi connectivity index (χ1n) is 2.98. The first kappa shape index (κ1) is 10.9. The van der Waals surface area contributed by atoms with E-state index < -0.39 is 12.0 Å². The van der Waals surface area contributed by atoms with Crippen molar-refractivity contribution in [3.8, 4) is 0 Å². The highest BCUT2D eigenvalue weighted by Crippen LogP contribution is 2.02. The van der Waals surface area contributed by atoms with Gasteiger partial charge in [-0.3, -0.25) is 14.7 Å². The van der Waals surface area contributed by atoms with Crippen LogP contribution in [0.4, 0.5) is 0 Å². The number of carboxylic acid groups (broad SMARTS) is 1. The van der Waals surface area contributed by atoms with E-state index in [0.29, 0.717) is 0 Å². The minimum absolute atomic E-state index is 0.0294. The largest absolute Gasteiger partial charge is 0.481 e. The Kier molecular flexibility index (Phi) is 5.46. The van der Waals surface area contributed by atoms with Gasteiger partial charge in [-0.15, -0.1) is 12.6 Å². The van der Waals surface area contributed by atoms with Gasteiger partial charge in [0.1, 0.15) is 0 Å². The van der Waals surface area contributed by atoms with Crippen molar-refractivity contribution in [3.63, 3.8) is 0 Å². The maximum atomic E-state index is 10.6. The van der Waals surface area contributed by atoms with E-state index in [9.17, 15) is 9.59 Å². The molecule has 0 rings (SSSR count). The number of hydrogen-bond acceptors (Lipinski definition) is 3. The number of carbonyl (C=O) groups is 2. The Balaban J connectivity index is 3.70. The van der Waals surface area contributed by atoms with Crippen molar-refractivity contribution in [2.75, 3.05) is 0 Å². The highest BCUT2D eigenvalue weighted by Gasteiger charge is 2.13. The molecule has 0 aliphatic heterocycles. The molecule has 6 heteroatoms. The topological polar surface area (TPSA) is 66.4 Å². The lowest BCUT2D eigenvalue weighted by Gasteiger charge is -2.08. The number of rotatable bonds is 5. The van der Waals surface area contributed by atoms with E-state index in [2.05, 4.69) is 27.1 Å². The normalized spacial score (nSPS) is 12.5. The fraction of sp³-hybridized carbons (Fsp3) is 0.600. The molecule has 0 spiro atoms. The van der Waals surface area contributed by atoms with Crippen LogP contribution >= 0.6 is 22.0 Å². The zero-order valence-electron chi connectivity index (χ0n) is 5.78. The summed E-state index contributed by atoms with van der Waals surface area (Å²) in [7, 11) is 2.16. The monoisotopic (exact) mass is 195 g/mol. The second-order valence-corrected chi connectivity index (χ2v) is 2.76. The Morgan fingerprint density at radius 1 is 1.64 bits per heavy atom. The van der Waals surface area contributed by atoms with Gasteiger partial charge in [0.25, 0.3) is 0 Å². The van der Waals surface area contributed by atoms with Crippen molar-refractivity contribution in [1.82, 2.24) is 5.09 Å². The molecule has 0 saturated carbocycles. The van der Waals surface area contributed by atoms with Crippen LogP contribution in [0.15, 0.2) is 0 Å². The van der Waals surface area contributed by atoms with Crippen molar-refractivity contribution in [2.45, 2.75) is 18.9 Å². The van der Waals surface area contributed by atoms with Gasteiger partial charge in [0.2, 0.25) is 5.12 Å². The molecule has 0 heterocycles. The predicted octanol–water partition coefficient (Wildman–Crippen LogP) is 0.0559. The summed E-state index contributed by atoms with van der Waals surface area (Å²) in [5.74, 6) is -0.912. The van der Waals surface area contributed by atoms with Gasteiger partial charge in [-0.25, -0.2) is 0 Å². The minimum Gasteiger partial charge on any atom is -0.481 e. The molecule has 0 aromatic heterocycles. The van der Waals surface area contributed by atoms with Crippen LogP contribution < -0.4 is 5.09 Å². The van der Waals surface area contributed by atoms with Gasteiger partial charge in [0, 0.05) is 6.42 Å². The molecule has 11 heavy (non-hydrogen) atoms. The fourth-order valence-corrected chi connectivity index (χ4v) is 1.21. The van der Waals surface area contributed by atoms with Crippen molar-refractivity contribution in [1.29, 1.82) is 0 Å². The van der Waals surface area contributed by atoms with Gasteiger partial charge < -0.3 is 5.11 Å². The molecule has 0 saturated heterocycles. The first-order valence-corrected chi connectivity index (χ1v) is 4.01. The Bertz CT molecular complexity index is 164. The molecule has 64 valence electrons. The van der Waals surface area contributed by atoms with Crippen molar-refractivity contribution >= 4 is 33.1 Å². The van der Waals surface area contributed by atoms with Crippen LogP contribution in [-0.4, -0.2) is 22.2 Å². The SMILES string of the molecule is O=C(O)CC[C@H](NP)C(=O)S. The number of carbonyl (C=O) groups excluding carboxylic acids is 1. The molecule has 0 aromatic carbocycles. The molecule has 0 fully saturated rings. The van der Waals surface area contributed by atoms with Gasteiger partial charge in [0.15, 0.2) is 0 Å². The van der Waals surface area contributed by atoms with E-state index in [4.69, 9.17) is 5.11 Å². The van der Waals surface area contributed by atoms with Gasteiger partial charge in [0.05, 0.1) is 6.04 Å². The molecule has 0 aromatic rings. The average molecular weight is 195 g/mol. The van der Waals surface area contributed by atoms with Crippen molar-refractivity contribution < 1.29 is 14.7 Å². The molecule has 0 aliphatic carbocycles. The number of aliphatic carboxylic acids is 1. The fourth-order valence-electron chi connectivity index (χ4n) is 0.546. The van der Waals surface area contributed by atoms with Crippen molar-refractivity contribution in [3.05, 3.63) is 0 Å². The minimum atomic E-state index is -0.912. The third kappa shape index (κ3) is 5.18. The third-order valence-electron chi connectivity index (χ3n) is 1.15. The highest BCUT2D eigenvalue weighted by molar-refractivity contribution is 7.96. The number of nitrogens with one attached hydrogen (secondary N) is 1. The van der Waals surface area contributed by atoms with E-state index in [1.807, 2.05) is 0 Å². The molecule has 0 amide bonds. The van der Waals surface area contributed by atoms with Gasteiger partial charge >= 0.3 is 5.97 Å². The third-order valence-corrected chi connectivity index (χ3v) is 1.86. The molecular weight excluding hydrogens is 185 g/mol. The molecule has 2 atom stereocenters. The zero-order chi connectivity index (χ0) is 8.85. The summed E-state index contributed by atoms with van der Waals surface area (Å²) >= 11 is 3.57. The number of thiol groups is 1. The van der Waals surface area contributed by atoms with Crippen LogP contribution in [0.3, 0.4) is 0 Å². The maximum absolute atomic E-state index is 10.6. The van der Waals surface area contributed by atoms with E-state index in [1.54, 1.807) is 0 Å². The predicted molar refractivity (Wildman–Crippen MR) is 47.5 cm³/mol. The molecule has 0 radical (unpaired) electrons. The quantitative estimate of drug-likeness (QED) is 0.428. The van der Waals surface area contributed by atoms with Crippen LogP contribution in [0, 0.1) is 0 Å². The highest BCUT2D eigenvalue weighted by atomic mass is 32.1.